The molecule has 0 saturated carbocycles. The summed E-state index contributed by atoms with van der Waals surface area (Å²) in [6, 6.07) is 7.90. The second-order valence-corrected chi connectivity index (χ2v) is 5.07. The molecule has 2 aromatic rings. The Morgan fingerprint density at radius 2 is 2.08 bits per heavy atom. The van der Waals surface area contributed by atoms with Crippen LogP contribution in [0.2, 0.25) is 0 Å². The van der Waals surface area contributed by atoms with Crippen LogP contribution in [0, 0.1) is 21.4 Å². The summed E-state index contributed by atoms with van der Waals surface area (Å²) in [4.78, 5) is 14.3. The van der Waals surface area contributed by atoms with Crippen LogP contribution >= 0.6 is 0 Å². The number of hydrogen-bond donors (Lipinski definition) is 1. The lowest BCUT2D eigenvalue weighted by molar-refractivity contribution is -0.384. The molecule has 0 atom stereocenters. The molecular weight excluding hydrogens is 310 g/mol. The Balaban J connectivity index is 2.10. The molecule has 124 valence electrons. The molecule has 0 aliphatic rings. The molecule has 2 rings (SSSR count). The van der Waals surface area contributed by atoms with Gasteiger partial charge in [-0.25, -0.2) is 10.4 Å². The molecule has 1 N–H and O–H groups in total. The molecule has 0 bridgehead atoms. The molecule has 0 fully saturated rings. The van der Waals surface area contributed by atoms with Gasteiger partial charge < -0.3 is 4.42 Å². The van der Waals surface area contributed by atoms with Crippen LogP contribution in [0.4, 0.5) is 11.6 Å². The van der Waals surface area contributed by atoms with Crippen LogP contribution in [-0.2, 0) is 0 Å². The van der Waals surface area contributed by atoms with Gasteiger partial charge in [0.15, 0.2) is 0 Å². The van der Waals surface area contributed by atoms with Gasteiger partial charge in [0.05, 0.1) is 11.1 Å². The van der Waals surface area contributed by atoms with Crippen LogP contribution < -0.4 is 5.43 Å². The van der Waals surface area contributed by atoms with Gasteiger partial charge in [0, 0.05) is 18.1 Å². The normalized spacial score (nSPS) is 10.9. The quantitative estimate of drug-likeness (QED) is 0.469. The Hall–Kier alpha value is -3.21. The number of nitrogens with one attached hydrogen (secondary N) is 1. The topological polar surface area (TPSA) is 117 Å². The van der Waals surface area contributed by atoms with Gasteiger partial charge in [0.1, 0.15) is 6.07 Å². The zero-order valence-corrected chi connectivity index (χ0v) is 13.4. The highest BCUT2D eigenvalue weighted by Crippen LogP contribution is 2.27. The van der Waals surface area contributed by atoms with Gasteiger partial charge in [0.25, 0.3) is 11.6 Å². The molecule has 0 spiro atoms. The summed E-state index contributed by atoms with van der Waals surface area (Å²) >= 11 is 0. The third kappa shape index (κ3) is 3.95. The number of nitriles is 1. The minimum atomic E-state index is -0.466. The number of oxazole rings is 1. The number of non-ortho nitro benzene ring substituents is 1. The van der Waals surface area contributed by atoms with Crippen LogP contribution in [-0.4, -0.2) is 16.1 Å². The van der Waals surface area contributed by atoms with Crippen LogP contribution in [0.15, 0.2) is 33.8 Å². The minimum Gasteiger partial charge on any atom is -0.422 e. The van der Waals surface area contributed by atoms with Crippen molar-refractivity contribution in [3.63, 3.8) is 0 Å². The standard InChI is InChI=1S/C16H17N5O3/c1-3-12(4-2)15-19-14(9-17)16(24-15)20-18-10-11-5-7-13(8-6-11)21(22)23/h5-8,10,12,20H,3-4H2,1-2H3/b18-10+. The van der Waals surface area contributed by atoms with E-state index in [1.54, 1.807) is 12.1 Å². The first-order valence-electron chi connectivity index (χ1n) is 7.53. The first-order valence-corrected chi connectivity index (χ1v) is 7.53. The lowest BCUT2D eigenvalue weighted by Crippen LogP contribution is -1.95. The molecular formula is C16H17N5O3. The highest BCUT2D eigenvalue weighted by molar-refractivity contribution is 5.80. The van der Waals surface area contributed by atoms with E-state index < -0.39 is 4.92 Å². The Morgan fingerprint density at radius 3 is 2.62 bits per heavy atom. The number of hydrazone groups is 1. The van der Waals surface area contributed by atoms with Gasteiger partial charge >= 0.3 is 0 Å². The zero-order valence-electron chi connectivity index (χ0n) is 13.4. The van der Waals surface area contributed by atoms with Crippen LogP contribution in [0.3, 0.4) is 0 Å². The van der Waals surface area contributed by atoms with E-state index in [1.807, 2.05) is 19.9 Å². The van der Waals surface area contributed by atoms with Gasteiger partial charge in [-0.2, -0.15) is 10.4 Å². The van der Waals surface area contributed by atoms with E-state index in [-0.39, 0.29) is 23.2 Å². The largest absolute Gasteiger partial charge is 0.422 e. The van der Waals surface area contributed by atoms with E-state index >= 15 is 0 Å². The molecule has 8 nitrogen and oxygen atoms in total. The van der Waals surface area contributed by atoms with Crippen molar-refractivity contribution in [2.75, 3.05) is 5.43 Å². The molecule has 0 unspecified atom stereocenters. The van der Waals surface area contributed by atoms with Crippen LogP contribution in [0.1, 0.15) is 49.8 Å². The van der Waals surface area contributed by atoms with E-state index in [0.717, 1.165) is 12.8 Å². The Bertz CT molecular complexity index is 770. The maximum absolute atomic E-state index is 10.6. The molecule has 0 aliphatic carbocycles. The van der Waals surface area contributed by atoms with Gasteiger partial charge in [-0.3, -0.25) is 10.1 Å². The monoisotopic (exact) mass is 327 g/mol. The number of nitro groups is 1. The molecule has 0 aliphatic heterocycles. The highest BCUT2D eigenvalue weighted by Gasteiger charge is 2.18. The molecule has 1 aromatic carbocycles. The lowest BCUT2D eigenvalue weighted by atomic mass is 10.0. The Labute approximate surface area is 139 Å². The lowest BCUT2D eigenvalue weighted by Gasteiger charge is -2.05. The number of nitro benzene ring substituents is 1. The van der Waals surface area contributed by atoms with E-state index in [1.165, 1.54) is 18.3 Å². The number of hydrogen-bond acceptors (Lipinski definition) is 7. The molecule has 0 amide bonds. The van der Waals surface area contributed by atoms with Crippen molar-refractivity contribution >= 4 is 17.8 Å². The summed E-state index contributed by atoms with van der Waals surface area (Å²) in [5, 5.41) is 23.7. The average molecular weight is 327 g/mol. The number of benzene rings is 1. The van der Waals surface area contributed by atoms with Crippen molar-refractivity contribution in [3.8, 4) is 6.07 Å². The molecule has 0 radical (unpaired) electrons. The van der Waals surface area contributed by atoms with E-state index in [4.69, 9.17) is 9.68 Å². The maximum Gasteiger partial charge on any atom is 0.269 e. The fourth-order valence-electron chi connectivity index (χ4n) is 2.15. The average Bonchev–Trinajstić information content (AvgIpc) is 2.99. The van der Waals surface area contributed by atoms with Gasteiger partial charge in [-0.05, 0) is 30.5 Å². The third-order valence-corrected chi connectivity index (χ3v) is 3.57. The van der Waals surface area contributed by atoms with Crippen molar-refractivity contribution in [1.29, 1.82) is 5.26 Å². The van der Waals surface area contributed by atoms with Crippen molar-refractivity contribution < 1.29 is 9.34 Å². The number of anilines is 1. The van der Waals surface area contributed by atoms with Crippen molar-refractivity contribution in [3.05, 3.63) is 51.5 Å². The smallest absolute Gasteiger partial charge is 0.269 e. The maximum atomic E-state index is 10.6. The summed E-state index contributed by atoms with van der Waals surface area (Å²) in [5.74, 6) is 0.869. The van der Waals surface area contributed by atoms with E-state index in [2.05, 4.69) is 15.5 Å². The summed E-state index contributed by atoms with van der Waals surface area (Å²) in [7, 11) is 0. The fraction of sp³-hybridized carbons (Fsp3) is 0.312. The van der Waals surface area contributed by atoms with E-state index in [9.17, 15) is 10.1 Å². The Morgan fingerprint density at radius 1 is 1.42 bits per heavy atom. The number of nitrogens with zero attached hydrogens (tertiary/aromatic N) is 4. The molecule has 8 heteroatoms. The highest BCUT2D eigenvalue weighted by atomic mass is 16.6. The predicted molar refractivity (Wildman–Crippen MR) is 88.9 cm³/mol. The molecule has 1 heterocycles. The van der Waals surface area contributed by atoms with Crippen LogP contribution in [0.5, 0.6) is 0 Å². The second-order valence-electron chi connectivity index (χ2n) is 5.07. The second kappa shape index (κ2) is 7.87. The van der Waals surface area contributed by atoms with Crippen molar-refractivity contribution in [2.45, 2.75) is 32.6 Å². The molecule has 1 aromatic heterocycles. The molecule has 24 heavy (non-hydrogen) atoms. The Kier molecular flexibility index (Phi) is 5.63. The fourth-order valence-corrected chi connectivity index (χ4v) is 2.15. The van der Waals surface area contributed by atoms with E-state index in [0.29, 0.717) is 11.5 Å². The number of rotatable bonds is 7. The first kappa shape index (κ1) is 17.1. The van der Waals surface area contributed by atoms with Crippen molar-refractivity contribution in [2.24, 2.45) is 5.10 Å². The van der Waals surface area contributed by atoms with Crippen molar-refractivity contribution in [1.82, 2.24) is 4.98 Å². The minimum absolute atomic E-state index is 0.0110. The number of aromatic nitrogens is 1. The summed E-state index contributed by atoms with van der Waals surface area (Å²) < 4.78 is 5.59. The molecule has 0 saturated heterocycles. The van der Waals surface area contributed by atoms with Gasteiger partial charge in [0.2, 0.25) is 11.6 Å². The van der Waals surface area contributed by atoms with Gasteiger partial charge in [-0.15, -0.1) is 0 Å². The SMILES string of the molecule is CCC(CC)c1nc(C#N)c(N/N=C/c2ccc([N+](=O)[O-])cc2)o1. The first-order chi connectivity index (χ1) is 11.6. The predicted octanol–water partition coefficient (Wildman–Crippen LogP) is 3.80. The van der Waals surface area contributed by atoms with Gasteiger partial charge in [-0.1, -0.05) is 13.8 Å². The summed E-state index contributed by atoms with van der Waals surface area (Å²) in [6.07, 6.45) is 3.21. The third-order valence-electron chi connectivity index (χ3n) is 3.57. The van der Waals surface area contributed by atoms with Crippen LogP contribution in [0.25, 0.3) is 0 Å². The summed E-state index contributed by atoms with van der Waals surface area (Å²) in [6.45, 7) is 4.06. The zero-order chi connectivity index (χ0) is 17.5. The summed E-state index contributed by atoms with van der Waals surface area (Å²) in [5.41, 5.74) is 3.49.